The van der Waals surface area contributed by atoms with Crippen LogP contribution in [0.4, 0.5) is 5.82 Å². The first-order chi connectivity index (χ1) is 18.0. The van der Waals surface area contributed by atoms with Gasteiger partial charge in [-0.05, 0) is 43.5 Å². The fourth-order valence-corrected chi connectivity index (χ4v) is 5.14. The van der Waals surface area contributed by atoms with Crippen LogP contribution in [0.2, 0.25) is 5.02 Å². The number of alkyl halides is 1. The zero-order valence-electron chi connectivity index (χ0n) is 19.9. The van der Waals surface area contributed by atoms with Gasteiger partial charge in [0, 0.05) is 37.0 Å². The summed E-state index contributed by atoms with van der Waals surface area (Å²) in [6.07, 6.45) is 5.91. The number of carbonyl (C=O) groups excluding carboxylic acids is 2. The van der Waals surface area contributed by atoms with Gasteiger partial charge in [0.2, 0.25) is 5.91 Å². The van der Waals surface area contributed by atoms with Crippen LogP contribution in [0.1, 0.15) is 35.2 Å². The molecule has 1 atom stereocenters. The summed E-state index contributed by atoms with van der Waals surface area (Å²) in [4.78, 5) is 39.6. The molecule has 190 valence electrons. The third-order valence-corrected chi connectivity index (χ3v) is 7.15. The van der Waals surface area contributed by atoms with Crippen molar-refractivity contribution in [2.75, 3.05) is 23.7 Å². The van der Waals surface area contributed by atoms with Crippen LogP contribution in [0.25, 0.3) is 11.0 Å². The zero-order valence-corrected chi connectivity index (χ0v) is 22.3. The molecule has 1 unspecified atom stereocenters. The number of aromatic nitrogens is 3. The van der Waals surface area contributed by atoms with E-state index in [0.717, 1.165) is 25.8 Å². The van der Waals surface area contributed by atoms with Crippen molar-refractivity contribution in [1.82, 2.24) is 19.9 Å². The highest BCUT2D eigenvalue weighted by Crippen LogP contribution is 2.31. The predicted octanol–water partition coefficient (Wildman–Crippen LogP) is 5.82. The fraction of sp³-hybridized carbons (Fsp3) is 0.259. The Morgan fingerprint density at radius 3 is 2.73 bits per heavy atom. The number of anilines is 1. The molecular weight excluding hydrogens is 558 g/mol. The number of para-hydroxylation sites is 1. The first kappa shape index (κ1) is 25.2. The van der Waals surface area contributed by atoms with E-state index >= 15 is 0 Å². The van der Waals surface area contributed by atoms with Gasteiger partial charge in [-0.25, -0.2) is 9.97 Å². The van der Waals surface area contributed by atoms with Crippen molar-refractivity contribution >= 4 is 56.1 Å². The summed E-state index contributed by atoms with van der Waals surface area (Å²) in [6, 6.07) is 14.4. The van der Waals surface area contributed by atoms with Crippen LogP contribution < -0.4 is 10.1 Å². The second kappa shape index (κ2) is 11.3. The zero-order chi connectivity index (χ0) is 25.8. The largest absolute Gasteiger partial charge is 0.457 e. The molecule has 3 heterocycles. The maximum atomic E-state index is 13.6. The van der Waals surface area contributed by atoms with Gasteiger partial charge in [0.15, 0.2) is 5.78 Å². The molecule has 2 N–H and O–H groups in total. The number of benzene rings is 2. The molecule has 0 aliphatic carbocycles. The van der Waals surface area contributed by atoms with Gasteiger partial charge in [-0.2, -0.15) is 0 Å². The molecule has 0 saturated carbocycles. The Bertz CT molecular complexity index is 1430. The molecule has 1 amide bonds. The fourth-order valence-electron chi connectivity index (χ4n) is 4.53. The number of halogens is 2. The Morgan fingerprint density at radius 2 is 1.95 bits per heavy atom. The van der Waals surface area contributed by atoms with E-state index in [4.69, 9.17) is 16.3 Å². The highest BCUT2D eigenvalue weighted by atomic mass is 79.9. The number of nitrogens with one attached hydrogen (secondary N) is 2. The van der Waals surface area contributed by atoms with E-state index in [2.05, 4.69) is 36.2 Å². The van der Waals surface area contributed by atoms with E-state index in [1.807, 2.05) is 35.2 Å². The average molecular weight is 583 g/mol. The standard InChI is InChI=1S/C27H25BrClN5O3/c28-13-23(35)34-11-5-4-6-17(15-34)33-27-24-21(14-30-26(24)31-16-32-27)25(36)20-10-9-19(12-22(20)29)37-18-7-2-1-3-8-18/h1-3,7-10,12,14,16-17H,4-6,11,13,15H2,(H2,30,31,32,33). The summed E-state index contributed by atoms with van der Waals surface area (Å²) in [7, 11) is 0. The van der Waals surface area contributed by atoms with Gasteiger partial charge in [-0.15, -0.1) is 0 Å². The number of H-pyrrole nitrogens is 1. The number of ether oxygens (including phenoxy) is 1. The quantitative estimate of drug-likeness (QED) is 0.210. The number of hydrogen-bond donors (Lipinski definition) is 2. The van der Waals surface area contributed by atoms with E-state index in [9.17, 15) is 9.59 Å². The van der Waals surface area contributed by atoms with E-state index in [-0.39, 0.29) is 22.8 Å². The highest BCUT2D eigenvalue weighted by molar-refractivity contribution is 9.09. The molecule has 8 nitrogen and oxygen atoms in total. The van der Waals surface area contributed by atoms with E-state index < -0.39 is 0 Å². The molecule has 5 rings (SSSR count). The molecule has 0 radical (unpaired) electrons. The summed E-state index contributed by atoms with van der Waals surface area (Å²) in [5, 5.41) is 4.64. The first-order valence-corrected chi connectivity index (χ1v) is 13.5. The lowest BCUT2D eigenvalue weighted by Gasteiger charge is -2.25. The minimum absolute atomic E-state index is 0.000501. The van der Waals surface area contributed by atoms with Gasteiger partial charge in [0.05, 0.1) is 21.3 Å². The van der Waals surface area contributed by atoms with Gasteiger partial charge in [-0.1, -0.05) is 45.7 Å². The number of nitrogens with zero attached hydrogens (tertiary/aromatic N) is 3. The molecule has 0 spiro atoms. The van der Waals surface area contributed by atoms with Crippen LogP contribution in [0.3, 0.4) is 0 Å². The number of likely N-dealkylation sites (tertiary alicyclic amines) is 1. The predicted molar refractivity (Wildman–Crippen MR) is 147 cm³/mol. The van der Waals surface area contributed by atoms with Crippen molar-refractivity contribution in [3.8, 4) is 11.5 Å². The molecule has 10 heteroatoms. The number of ketones is 1. The monoisotopic (exact) mass is 581 g/mol. The summed E-state index contributed by atoms with van der Waals surface area (Å²) in [5.74, 6) is 1.57. The molecule has 4 aromatic rings. The van der Waals surface area contributed by atoms with Gasteiger partial charge in [-0.3, -0.25) is 9.59 Å². The lowest BCUT2D eigenvalue weighted by Crippen LogP contribution is -2.40. The van der Waals surface area contributed by atoms with E-state index in [0.29, 0.717) is 51.4 Å². The highest BCUT2D eigenvalue weighted by Gasteiger charge is 2.25. The summed E-state index contributed by atoms with van der Waals surface area (Å²) < 4.78 is 5.84. The van der Waals surface area contributed by atoms with Crippen LogP contribution in [-0.4, -0.2) is 56.0 Å². The molecule has 1 aliphatic rings. The molecule has 2 aromatic heterocycles. The Labute approximate surface area is 227 Å². The molecule has 1 aliphatic heterocycles. The first-order valence-electron chi connectivity index (χ1n) is 12.0. The number of carbonyl (C=O) groups is 2. The number of amides is 1. The van der Waals surface area contributed by atoms with Crippen molar-refractivity contribution in [3.05, 3.63) is 77.2 Å². The van der Waals surface area contributed by atoms with Crippen LogP contribution >= 0.6 is 27.5 Å². The number of rotatable bonds is 7. The van der Waals surface area contributed by atoms with Crippen LogP contribution in [0.5, 0.6) is 11.5 Å². The molecule has 1 saturated heterocycles. The Hall–Kier alpha value is -3.43. The van der Waals surface area contributed by atoms with Crippen molar-refractivity contribution < 1.29 is 14.3 Å². The smallest absolute Gasteiger partial charge is 0.233 e. The maximum Gasteiger partial charge on any atom is 0.233 e. The Kier molecular flexibility index (Phi) is 7.71. The van der Waals surface area contributed by atoms with Crippen molar-refractivity contribution in [2.24, 2.45) is 0 Å². The van der Waals surface area contributed by atoms with Gasteiger partial charge < -0.3 is 19.9 Å². The summed E-state index contributed by atoms with van der Waals surface area (Å²) in [6.45, 7) is 1.30. The minimum Gasteiger partial charge on any atom is -0.457 e. The number of fused-ring (bicyclic) bond motifs is 1. The maximum absolute atomic E-state index is 13.6. The van der Waals surface area contributed by atoms with Gasteiger partial charge >= 0.3 is 0 Å². The van der Waals surface area contributed by atoms with E-state index in [1.165, 1.54) is 6.33 Å². The number of aromatic amines is 1. The molecular formula is C27H25BrClN5O3. The van der Waals surface area contributed by atoms with Crippen molar-refractivity contribution in [1.29, 1.82) is 0 Å². The normalized spacial score (nSPS) is 15.8. The van der Waals surface area contributed by atoms with Gasteiger partial charge in [0.1, 0.15) is 29.3 Å². The lowest BCUT2D eigenvalue weighted by molar-refractivity contribution is -0.128. The third kappa shape index (κ3) is 5.62. The van der Waals surface area contributed by atoms with Crippen LogP contribution in [-0.2, 0) is 4.79 Å². The topological polar surface area (TPSA) is 100 Å². The van der Waals surface area contributed by atoms with E-state index in [1.54, 1.807) is 24.4 Å². The minimum atomic E-state index is -0.252. The lowest BCUT2D eigenvalue weighted by atomic mass is 10.0. The second-order valence-electron chi connectivity index (χ2n) is 8.84. The third-order valence-electron chi connectivity index (χ3n) is 6.36. The van der Waals surface area contributed by atoms with Crippen molar-refractivity contribution in [2.45, 2.75) is 25.3 Å². The van der Waals surface area contributed by atoms with Gasteiger partial charge in [0.25, 0.3) is 0 Å². The summed E-state index contributed by atoms with van der Waals surface area (Å²) in [5.41, 5.74) is 1.31. The molecule has 2 aromatic carbocycles. The number of hydrogen-bond acceptors (Lipinski definition) is 6. The second-order valence-corrected chi connectivity index (χ2v) is 9.81. The van der Waals surface area contributed by atoms with Crippen molar-refractivity contribution in [3.63, 3.8) is 0 Å². The summed E-state index contributed by atoms with van der Waals surface area (Å²) >= 11 is 9.80. The SMILES string of the molecule is O=C(c1ccc(Oc2ccccc2)cc1Cl)c1c[nH]c2ncnc(NC3CCCCN(C(=O)CBr)C3)c12. The molecule has 0 bridgehead atoms. The average Bonchev–Trinajstić information content (AvgIpc) is 3.22. The Balaban J connectivity index is 1.41. The molecule has 1 fully saturated rings. The Morgan fingerprint density at radius 1 is 1.11 bits per heavy atom. The van der Waals surface area contributed by atoms with Crippen LogP contribution in [0, 0.1) is 0 Å². The molecule has 37 heavy (non-hydrogen) atoms. The van der Waals surface area contributed by atoms with Crippen LogP contribution in [0.15, 0.2) is 61.1 Å².